The lowest BCUT2D eigenvalue weighted by molar-refractivity contribution is -0.106. The van der Waals surface area contributed by atoms with Crippen molar-refractivity contribution in [2.75, 3.05) is 30.1 Å². The third-order valence-corrected chi connectivity index (χ3v) is 5.74. The van der Waals surface area contributed by atoms with E-state index in [0.717, 1.165) is 18.8 Å². The normalized spacial score (nSPS) is 30.4. The Balaban J connectivity index is 1.95. The van der Waals surface area contributed by atoms with Crippen molar-refractivity contribution in [3.05, 3.63) is 0 Å². The molecule has 100 valence electrons. The molecule has 0 aromatic carbocycles. The van der Waals surface area contributed by atoms with E-state index in [4.69, 9.17) is 10.6 Å². The molecule has 17 heavy (non-hydrogen) atoms. The van der Waals surface area contributed by atoms with Gasteiger partial charge in [-0.1, -0.05) is 0 Å². The van der Waals surface area contributed by atoms with Crippen LogP contribution in [-0.4, -0.2) is 41.8 Å². The van der Waals surface area contributed by atoms with Crippen molar-refractivity contribution in [3.8, 4) is 0 Å². The molecule has 0 bridgehead atoms. The second-order valence-corrected chi connectivity index (χ2v) is 7.26. The first-order valence-electron chi connectivity index (χ1n) is 6.46. The fourth-order valence-corrected chi connectivity index (χ4v) is 4.97. The van der Waals surface area contributed by atoms with Crippen LogP contribution in [0.1, 0.15) is 25.7 Å². The molecule has 2 rings (SSSR count). The predicted octanol–water partition coefficient (Wildman–Crippen LogP) is 1.87. The van der Waals surface area contributed by atoms with Gasteiger partial charge >= 0.3 is 0 Å². The molecule has 2 saturated heterocycles. The Kier molecular flexibility index (Phi) is 5.49. The van der Waals surface area contributed by atoms with E-state index in [1.165, 1.54) is 30.8 Å². The number of hydrogen-bond donors (Lipinski definition) is 2. The van der Waals surface area contributed by atoms with E-state index in [0.29, 0.717) is 12.0 Å². The van der Waals surface area contributed by atoms with E-state index in [1.807, 2.05) is 11.8 Å². The van der Waals surface area contributed by atoms with Crippen LogP contribution in [0, 0.1) is 5.92 Å². The SMILES string of the molecule is CSCC(NN)C1CCOC2(CCSCC2)C1. The fraction of sp³-hybridized carbons (Fsp3) is 1.00. The molecule has 0 saturated carbocycles. The minimum absolute atomic E-state index is 0.182. The largest absolute Gasteiger partial charge is 0.375 e. The summed E-state index contributed by atoms with van der Waals surface area (Å²) in [5, 5.41) is 0. The van der Waals surface area contributed by atoms with Crippen molar-refractivity contribution in [1.29, 1.82) is 0 Å². The molecule has 0 aliphatic carbocycles. The zero-order chi connectivity index (χ0) is 12.1. The number of thioether (sulfide) groups is 2. The number of hydrogen-bond acceptors (Lipinski definition) is 5. The van der Waals surface area contributed by atoms with E-state index in [9.17, 15) is 0 Å². The molecular formula is C12H24N2OS2. The average Bonchev–Trinajstić information content (AvgIpc) is 2.37. The first-order valence-corrected chi connectivity index (χ1v) is 9.01. The van der Waals surface area contributed by atoms with Crippen molar-refractivity contribution in [1.82, 2.24) is 5.43 Å². The molecule has 3 nitrogen and oxygen atoms in total. The topological polar surface area (TPSA) is 47.3 Å². The molecule has 2 heterocycles. The van der Waals surface area contributed by atoms with Gasteiger partial charge in [-0.3, -0.25) is 11.3 Å². The van der Waals surface area contributed by atoms with Gasteiger partial charge in [0.25, 0.3) is 0 Å². The smallest absolute Gasteiger partial charge is 0.0701 e. The van der Waals surface area contributed by atoms with Crippen molar-refractivity contribution in [2.45, 2.75) is 37.3 Å². The van der Waals surface area contributed by atoms with Crippen LogP contribution in [-0.2, 0) is 4.74 Å². The Labute approximate surface area is 113 Å². The summed E-state index contributed by atoms with van der Waals surface area (Å²) in [7, 11) is 0. The van der Waals surface area contributed by atoms with Crippen LogP contribution in [0.15, 0.2) is 0 Å². The molecule has 0 amide bonds. The third kappa shape index (κ3) is 3.53. The highest BCUT2D eigenvalue weighted by molar-refractivity contribution is 7.99. The fourth-order valence-electron chi connectivity index (χ4n) is 3.00. The van der Waals surface area contributed by atoms with Crippen LogP contribution in [0.3, 0.4) is 0 Å². The lowest BCUT2D eigenvalue weighted by Crippen LogP contribution is -2.50. The Hall–Kier alpha value is 0.580. The highest BCUT2D eigenvalue weighted by Crippen LogP contribution is 2.40. The molecule has 2 unspecified atom stereocenters. The van der Waals surface area contributed by atoms with Crippen LogP contribution in [0.4, 0.5) is 0 Å². The minimum atomic E-state index is 0.182. The summed E-state index contributed by atoms with van der Waals surface area (Å²) in [5.74, 6) is 10.0. The molecule has 2 atom stereocenters. The highest BCUT2D eigenvalue weighted by Gasteiger charge is 2.40. The van der Waals surface area contributed by atoms with Gasteiger partial charge in [-0.25, -0.2) is 0 Å². The molecular weight excluding hydrogens is 252 g/mol. The number of rotatable bonds is 4. The maximum atomic E-state index is 6.12. The van der Waals surface area contributed by atoms with Gasteiger partial charge in [0.15, 0.2) is 0 Å². The lowest BCUT2D eigenvalue weighted by atomic mass is 9.79. The predicted molar refractivity (Wildman–Crippen MR) is 77.5 cm³/mol. The number of hydrazine groups is 1. The molecule has 0 radical (unpaired) electrons. The zero-order valence-corrected chi connectivity index (χ0v) is 12.2. The summed E-state index contributed by atoms with van der Waals surface area (Å²) >= 11 is 3.94. The summed E-state index contributed by atoms with van der Waals surface area (Å²) < 4.78 is 6.12. The van der Waals surface area contributed by atoms with Crippen molar-refractivity contribution >= 4 is 23.5 Å². The molecule has 0 aromatic heterocycles. The first kappa shape index (κ1) is 14.0. The Morgan fingerprint density at radius 1 is 1.53 bits per heavy atom. The zero-order valence-electron chi connectivity index (χ0n) is 10.6. The van der Waals surface area contributed by atoms with Crippen LogP contribution in [0.5, 0.6) is 0 Å². The van der Waals surface area contributed by atoms with Gasteiger partial charge in [0, 0.05) is 18.4 Å². The maximum absolute atomic E-state index is 6.12. The quantitative estimate of drug-likeness (QED) is 0.606. The monoisotopic (exact) mass is 276 g/mol. The molecule has 2 aliphatic heterocycles. The van der Waals surface area contributed by atoms with Crippen molar-refractivity contribution in [3.63, 3.8) is 0 Å². The Bertz CT molecular complexity index is 229. The number of nitrogens with one attached hydrogen (secondary N) is 1. The summed E-state index contributed by atoms with van der Waals surface area (Å²) in [4.78, 5) is 0. The minimum Gasteiger partial charge on any atom is -0.375 e. The van der Waals surface area contributed by atoms with Crippen molar-refractivity contribution < 1.29 is 4.74 Å². The second kappa shape index (κ2) is 6.66. The molecule has 1 spiro atoms. The van der Waals surface area contributed by atoms with E-state index in [1.54, 1.807) is 0 Å². The van der Waals surface area contributed by atoms with E-state index >= 15 is 0 Å². The van der Waals surface area contributed by atoms with Gasteiger partial charge in [-0.05, 0) is 49.4 Å². The molecule has 0 aromatic rings. The molecule has 5 heteroatoms. The molecule has 3 N–H and O–H groups in total. The third-order valence-electron chi connectivity index (χ3n) is 4.06. The van der Waals surface area contributed by atoms with Gasteiger partial charge in [0.2, 0.25) is 0 Å². The lowest BCUT2D eigenvalue weighted by Gasteiger charge is -2.45. The second-order valence-electron chi connectivity index (χ2n) is 5.13. The molecule has 2 fully saturated rings. The number of nitrogens with two attached hydrogens (primary N) is 1. The molecule has 2 aliphatic rings. The van der Waals surface area contributed by atoms with E-state index < -0.39 is 0 Å². The van der Waals surface area contributed by atoms with Crippen LogP contribution < -0.4 is 11.3 Å². The Morgan fingerprint density at radius 3 is 2.94 bits per heavy atom. The standard InChI is InChI=1S/C12H24N2OS2/c1-16-9-11(14-13)10-2-5-15-12(8-10)3-6-17-7-4-12/h10-11,14H,2-9,13H2,1H3. The summed E-state index contributed by atoms with van der Waals surface area (Å²) in [6.45, 7) is 0.919. The van der Waals surface area contributed by atoms with Gasteiger partial charge in [0.1, 0.15) is 0 Å². The number of ether oxygens (including phenoxy) is 1. The summed E-state index contributed by atoms with van der Waals surface area (Å²) in [5.41, 5.74) is 3.20. The van der Waals surface area contributed by atoms with Crippen molar-refractivity contribution in [2.24, 2.45) is 11.8 Å². The van der Waals surface area contributed by atoms with Crippen LogP contribution >= 0.6 is 23.5 Å². The maximum Gasteiger partial charge on any atom is 0.0701 e. The average molecular weight is 276 g/mol. The van der Waals surface area contributed by atoms with Crippen LogP contribution in [0.2, 0.25) is 0 Å². The van der Waals surface area contributed by atoms with Crippen LogP contribution in [0.25, 0.3) is 0 Å². The van der Waals surface area contributed by atoms with E-state index in [-0.39, 0.29) is 5.60 Å². The van der Waals surface area contributed by atoms with Gasteiger partial charge in [-0.2, -0.15) is 23.5 Å². The first-order chi connectivity index (χ1) is 8.29. The summed E-state index contributed by atoms with van der Waals surface area (Å²) in [6.07, 6.45) is 6.96. The highest BCUT2D eigenvalue weighted by atomic mass is 32.2. The van der Waals surface area contributed by atoms with Gasteiger partial charge in [-0.15, -0.1) is 0 Å². The van der Waals surface area contributed by atoms with Gasteiger partial charge < -0.3 is 4.74 Å². The Morgan fingerprint density at radius 2 is 2.29 bits per heavy atom. The van der Waals surface area contributed by atoms with Gasteiger partial charge in [0.05, 0.1) is 5.60 Å². The summed E-state index contributed by atoms with van der Waals surface area (Å²) in [6, 6.07) is 0.445. The van der Waals surface area contributed by atoms with E-state index in [2.05, 4.69) is 23.4 Å².